The molecule has 2 aliphatic rings. The summed E-state index contributed by atoms with van der Waals surface area (Å²) in [6.45, 7) is 1.68. The Hall–Kier alpha value is -3.09. The van der Waals surface area contributed by atoms with Crippen molar-refractivity contribution in [1.29, 1.82) is 0 Å². The summed E-state index contributed by atoms with van der Waals surface area (Å²) in [5.41, 5.74) is 0.748. The molecule has 1 saturated heterocycles. The standard InChI is InChI=1S/C25H32N4O3/c30-24(20-11-8-16-29(17-20)25(31)27-21-12-5-2-6-13-21)28-23-22(14-7-15-26-23)32-18-19-9-3-1-4-10-19/h2,5-7,12-15,19-20H,1,3-4,8-11,16-18H2,(H,27,31)(H,26,28,30). The minimum Gasteiger partial charge on any atom is -0.489 e. The van der Waals surface area contributed by atoms with Gasteiger partial charge in [-0.1, -0.05) is 37.5 Å². The van der Waals surface area contributed by atoms with Crippen LogP contribution < -0.4 is 15.4 Å². The molecule has 1 saturated carbocycles. The average molecular weight is 437 g/mol. The molecular formula is C25H32N4O3. The first-order valence-electron chi connectivity index (χ1n) is 11.7. The molecule has 1 unspecified atom stereocenters. The van der Waals surface area contributed by atoms with E-state index < -0.39 is 0 Å². The summed E-state index contributed by atoms with van der Waals surface area (Å²) < 4.78 is 6.04. The van der Waals surface area contributed by atoms with E-state index in [4.69, 9.17) is 4.74 Å². The average Bonchev–Trinajstić information content (AvgIpc) is 2.85. The summed E-state index contributed by atoms with van der Waals surface area (Å²) in [5.74, 6) is 1.24. The molecule has 2 aromatic rings. The van der Waals surface area contributed by atoms with Gasteiger partial charge < -0.3 is 20.3 Å². The Bertz CT molecular complexity index is 899. The molecule has 0 radical (unpaired) electrons. The number of likely N-dealkylation sites (tertiary alicyclic amines) is 1. The first-order valence-corrected chi connectivity index (χ1v) is 11.7. The summed E-state index contributed by atoms with van der Waals surface area (Å²) in [6.07, 6.45) is 9.42. The molecule has 1 aliphatic carbocycles. The van der Waals surface area contributed by atoms with Crippen LogP contribution in [-0.4, -0.2) is 41.5 Å². The number of benzene rings is 1. The molecule has 7 nitrogen and oxygen atoms in total. The predicted molar refractivity (Wildman–Crippen MR) is 125 cm³/mol. The first kappa shape index (κ1) is 22.1. The number of piperidine rings is 1. The zero-order chi connectivity index (χ0) is 22.2. The van der Waals surface area contributed by atoms with E-state index in [9.17, 15) is 9.59 Å². The van der Waals surface area contributed by atoms with Crippen LogP contribution in [0.5, 0.6) is 5.75 Å². The van der Waals surface area contributed by atoms with Gasteiger partial charge >= 0.3 is 6.03 Å². The first-order chi connectivity index (χ1) is 15.7. The molecule has 0 spiro atoms. The van der Waals surface area contributed by atoms with Crippen LogP contribution in [0.4, 0.5) is 16.3 Å². The van der Waals surface area contributed by atoms with Crippen molar-refractivity contribution in [3.8, 4) is 5.75 Å². The van der Waals surface area contributed by atoms with Gasteiger partial charge in [0.1, 0.15) is 0 Å². The minimum atomic E-state index is -0.279. The van der Waals surface area contributed by atoms with E-state index in [1.54, 1.807) is 11.1 Å². The summed E-state index contributed by atoms with van der Waals surface area (Å²) >= 11 is 0. The van der Waals surface area contributed by atoms with Gasteiger partial charge in [0.2, 0.25) is 5.91 Å². The zero-order valence-electron chi connectivity index (χ0n) is 18.5. The normalized spacial score (nSPS) is 19.2. The lowest BCUT2D eigenvalue weighted by molar-refractivity contribution is -0.121. The third-order valence-electron chi connectivity index (χ3n) is 6.32. The van der Waals surface area contributed by atoms with E-state index in [1.807, 2.05) is 42.5 Å². The quantitative estimate of drug-likeness (QED) is 0.673. The molecule has 2 heterocycles. The SMILES string of the molecule is O=C(Nc1ncccc1OCC1CCCCC1)C1CCCN(C(=O)Nc2ccccc2)C1. The molecule has 3 amide bonds. The monoisotopic (exact) mass is 436 g/mol. The molecule has 1 aliphatic heterocycles. The Balaban J connectivity index is 1.32. The summed E-state index contributed by atoms with van der Waals surface area (Å²) in [5, 5.41) is 5.84. The number of urea groups is 1. The predicted octanol–water partition coefficient (Wildman–Crippen LogP) is 4.92. The Morgan fingerprint density at radius 1 is 0.969 bits per heavy atom. The maximum absolute atomic E-state index is 13.0. The number of pyridine rings is 1. The third kappa shape index (κ3) is 5.99. The van der Waals surface area contributed by atoms with E-state index in [-0.39, 0.29) is 17.9 Å². The van der Waals surface area contributed by atoms with E-state index in [2.05, 4.69) is 15.6 Å². The minimum absolute atomic E-state index is 0.122. The van der Waals surface area contributed by atoms with Crippen molar-refractivity contribution in [3.63, 3.8) is 0 Å². The molecule has 1 atom stereocenters. The summed E-state index contributed by atoms with van der Waals surface area (Å²) in [7, 11) is 0. The number of nitrogens with one attached hydrogen (secondary N) is 2. The molecule has 0 bridgehead atoms. The van der Waals surface area contributed by atoms with E-state index in [1.165, 1.54) is 32.1 Å². The number of carbonyl (C=O) groups is 2. The number of hydrogen-bond acceptors (Lipinski definition) is 4. The van der Waals surface area contributed by atoms with Crippen molar-refractivity contribution in [1.82, 2.24) is 9.88 Å². The maximum Gasteiger partial charge on any atom is 0.321 e. The number of nitrogens with zero attached hydrogens (tertiary/aromatic N) is 2. The van der Waals surface area contributed by atoms with Crippen LogP contribution in [0, 0.1) is 11.8 Å². The molecule has 7 heteroatoms. The zero-order valence-corrected chi connectivity index (χ0v) is 18.5. The lowest BCUT2D eigenvalue weighted by atomic mass is 9.90. The highest BCUT2D eigenvalue weighted by Crippen LogP contribution is 2.28. The number of anilines is 2. The summed E-state index contributed by atoms with van der Waals surface area (Å²) in [4.78, 5) is 31.7. The van der Waals surface area contributed by atoms with Crippen LogP contribution in [0.2, 0.25) is 0 Å². The van der Waals surface area contributed by atoms with Crippen molar-refractivity contribution in [2.24, 2.45) is 11.8 Å². The van der Waals surface area contributed by atoms with Crippen LogP contribution in [0.25, 0.3) is 0 Å². The second-order valence-corrected chi connectivity index (χ2v) is 8.74. The van der Waals surface area contributed by atoms with E-state index in [0.717, 1.165) is 18.5 Å². The van der Waals surface area contributed by atoms with Crippen molar-refractivity contribution >= 4 is 23.4 Å². The number of ether oxygens (including phenoxy) is 1. The number of carbonyl (C=O) groups excluding carboxylic acids is 2. The van der Waals surface area contributed by atoms with Gasteiger partial charge in [-0.05, 0) is 55.9 Å². The van der Waals surface area contributed by atoms with Gasteiger partial charge in [0.05, 0.1) is 12.5 Å². The van der Waals surface area contributed by atoms with Gasteiger partial charge in [-0.25, -0.2) is 9.78 Å². The lowest BCUT2D eigenvalue weighted by Crippen LogP contribution is -2.45. The van der Waals surface area contributed by atoms with Crippen molar-refractivity contribution in [3.05, 3.63) is 48.7 Å². The third-order valence-corrected chi connectivity index (χ3v) is 6.32. The van der Waals surface area contributed by atoms with Crippen molar-refractivity contribution < 1.29 is 14.3 Å². The number of aromatic nitrogens is 1. The largest absolute Gasteiger partial charge is 0.489 e. The fourth-order valence-electron chi connectivity index (χ4n) is 4.48. The van der Waals surface area contributed by atoms with Crippen molar-refractivity contribution in [2.45, 2.75) is 44.9 Å². The van der Waals surface area contributed by atoms with Gasteiger partial charge in [-0.15, -0.1) is 0 Å². The van der Waals surface area contributed by atoms with Crippen LogP contribution in [0.3, 0.4) is 0 Å². The molecular weight excluding hydrogens is 404 g/mol. The molecule has 2 fully saturated rings. The summed E-state index contributed by atoms with van der Waals surface area (Å²) in [6, 6.07) is 12.9. The molecule has 1 aromatic heterocycles. The number of hydrogen-bond donors (Lipinski definition) is 2. The highest BCUT2D eigenvalue weighted by molar-refractivity contribution is 5.94. The second-order valence-electron chi connectivity index (χ2n) is 8.74. The van der Waals surface area contributed by atoms with Gasteiger partial charge in [0, 0.05) is 25.0 Å². The second kappa shape index (κ2) is 11.0. The van der Waals surface area contributed by atoms with Gasteiger partial charge in [-0.3, -0.25) is 4.79 Å². The fourth-order valence-corrected chi connectivity index (χ4v) is 4.48. The highest BCUT2D eigenvalue weighted by atomic mass is 16.5. The Labute approximate surface area is 189 Å². The topological polar surface area (TPSA) is 83.6 Å². The van der Waals surface area contributed by atoms with Crippen LogP contribution in [-0.2, 0) is 4.79 Å². The molecule has 32 heavy (non-hydrogen) atoms. The van der Waals surface area contributed by atoms with Crippen LogP contribution in [0.1, 0.15) is 44.9 Å². The molecule has 170 valence electrons. The maximum atomic E-state index is 13.0. The van der Waals surface area contributed by atoms with Gasteiger partial charge in [-0.2, -0.15) is 0 Å². The smallest absolute Gasteiger partial charge is 0.321 e. The number of rotatable bonds is 6. The Morgan fingerprint density at radius 3 is 2.59 bits per heavy atom. The van der Waals surface area contributed by atoms with Crippen LogP contribution >= 0.6 is 0 Å². The number of amides is 3. The Kier molecular flexibility index (Phi) is 7.59. The van der Waals surface area contributed by atoms with Gasteiger partial charge in [0.25, 0.3) is 0 Å². The fraction of sp³-hybridized carbons (Fsp3) is 0.480. The lowest BCUT2D eigenvalue weighted by Gasteiger charge is -2.32. The highest BCUT2D eigenvalue weighted by Gasteiger charge is 2.29. The van der Waals surface area contributed by atoms with Crippen LogP contribution in [0.15, 0.2) is 48.7 Å². The molecule has 1 aromatic carbocycles. The molecule has 2 N–H and O–H groups in total. The van der Waals surface area contributed by atoms with Gasteiger partial charge in [0.15, 0.2) is 11.6 Å². The molecule has 4 rings (SSSR count). The van der Waals surface area contributed by atoms with Crippen molar-refractivity contribution in [2.75, 3.05) is 30.3 Å². The van der Waals surface area contributed by atoms with E-state index in [0.29, 0.717) is 37.2 Å². The Morgan fingerprint density at radius 2 is 1.78 bits per heavy atom. The number of para-hydroxylation sites is 1. The van der Waals surface area contributed by atoms with E-state index >= 15 is 0 Å².